The Bertz CT molecular complexity index is 57.1. The van der Waals surface area contributed by atoms with Gasteiger partial charge in [0.2, 0.25) is 0 Å². The second kappa shape index (κ2) is 6.99. The highest BCUT2D eigenvalue weighted by molar-refractivity contribution is 4.07. The summed E-state index contributed by atoms with van der Waals surface area (Å²) in [6.07, 6.45) is 0. The fraction of sp³-hybridized carbons (Fsp3) is 1.00. The number of quaternary nitrogens is 1. The van der Waals surface area contributed by atoms with Crippen LogP contribution in [0.15, 0.2) is 0 Å². The van der Waals surface area contributed by atoms with Gasteiger partial charge in [-0.05, 0) is 6.92 Å². The monoisotopic (exact) mass is 150 g/mol. The van der Waals surface area contributed by atoms with Gasteiger partial charge in [0.15, 0.2) is 0 Å². The second-order valence-corrected chi connectivity index (χ2v) is 3.05. The van der Waals surface area contributed by atoms with Crippen LogP contribution >= 0.6 is 0 Å². The molecule has 0 spiro atoms. The Kier molecular flexibility index (Phi) is 8.77. The van der Waals surface area contributed by atoms with Gasteiger partial charge in [0, 0.05) is 0 Å². The molecule has 0 fully saturated rings. The van der Waals surface area contributed by atoms with E-state index in [1.54, 1.807) is 0 Å². The van der Waals surface area contributed by atoms with Gasteiger partial charge in [-0.1, -0.05) is 0 Å². The quantitative estimate of drug-likeness (QED) is 0.530. The standard InChI is InChI=1S/C5H14N.C2H6O2/c1-5-6(2,3)4;3-1-2-4/h5H2,1-4H3;3-4H,1-2H2/q+1;. The number of aliphatic hydroxyl groups is 2. The molecule has 0 aromatic heterocycles. The van der Waals surface area contributed by atoms with E-state index in [2.05, 4.69) is 28.1 Å². The highest BCUT2D eigenvalue weighted by Crippen LogP contribution is 1.83. The molecule has 0 aromatic rings. The summed E-state index contributed by atoms with van der Waals surface area (Å²) in [5.41, 5.74) is 0. The van der Waals surface area contributed by atoms with E-state index in [4.69, 9.17) is 10.2 Å². The molecule has 0 saturated carbocycles. The molecule has 3 heteroatoms. The molecule has 3 nitrogen and oxygen atoms in total. The van der Waals surface area contributed by atoms with Gasteiger partial charge in [0.05, 0.1) is 40.9 Å². The van der Waals surface area contributed by atoms with Crippen LogP contribution < -0.4 is 0 Å². The van der Waals surface area contributed by atoms with Crippen molar-refractivity contribution in [2.24, 2.45) is 0 Å². The average Bonchev–Trinajstić information content (AvgIpc) is 1.87. The number of rotatable bonds is 2. The Hall–Kier alpha value is -0.120. The van der Waals surface area contributed by atoms with Gasteiger partial charge in [-0.2, -0.15) is 0 Å². The lowest BCUT2D eigenvalue weighted by atomic mass is 10.6. The van der Waals surface area contributed by atoms with Crippen molar-refractivity contribution in [3.63, 3.8) is 0 Å². The van der Waals surface area contributed by atoms with Crippen molar-refractivity contribution in [2.75, 3.05) is 40.9 Å². The van der Waals surface area contributed by atoms with Crippen LogP contribution in [0, 0.1) is 0 Å². The third-order valence-electron chi connectivity index (χ3n) is 1.05. The van der Waals surface area contributed by atoms with E-state index in [1.165, 1.54) is 6.54 Å². The minimum absolute atomic E-state index is 0.125. The Balaban J connectivity index is 0. The number of hydrogen-bond donors (Lipinski definition) is 2. The van der Waals surface area contributed by atoms with Crippen molar-refractivity contribution in [2.45, 2.75) is 6.92 Å². The minimum atomic E-state index is -0.125. The van der Waals surface area contributed by atoms with E-state index < -0.39 is 0 Å². The number of nitrogens with zero attached hydrogens (tertiary/aromatic N) is 1. The summed E-state index contributed by atoms with van der Waals surface area (Å²) in [5, 5.41) is 15.2. The van der Waals surface area contributed by atoms with Crippen molar-refractivity contribution < 1.29 is 14.7 Å². The third-order valence-corrected chi connectivity index (χ3v) is 1.05. The molecule has 0 bridgehead atoms. The Labute approximate surface area is 63.5 Å². The minimum Gasteiger partial charge on any atom is -0.394 e. The van der Waals surface area contributed by atoms with Crippen molar-refractivity contribution in [1.82, 2.24) is 0 Å². The maximum atomic E-state index is 7.62. The molecule has 0 saturated heterocycles. The van der Waals surface area contributed by atoms with E-state index in [0.717, 1.165) is 4.48 Å². The molecule has 0 unspecified atom stereocenters. The molecule has 10 heavy (non-hydrogen) atoms. The molecule has 2 N–H and O–H groups in total. The molecule has 0 aliphatic rings. The normalized spacial score (nSPS) is 10.2. The van der Waals surface area contributed by atoms with E-state index in [1.807, 2.05) is 0 Å². The summed E-state index contributed by atoms with van der Waals surface area (Å²) in [6.45, 7) is 3.14. The lowest BCUT2D eigenvalue weighted by molar-refractivity contribution is -0.868. The summed E-state index contributed by atoms with van der Waals surface area (Å²) < 4.78 is 1.07. The van der Waals surface area contributed by atoms with Gasteiger partial charge in [-0.25, -0.2) is 0 Å². The smallest absolute Gasteiger partial charge is 0.0751 e. The fourth-order valence-corrected chi connectivity index (χ4v) is 0. The van der Waals surface area contributed by atoms with E-state index in [0.29, 0.717) is 0 Å². The summed E-state index contributed by atoms with van der Waals surface area (Å²) in [5.74, 6) is 0. The molecule has 0 rings (SSSR count). The van der Waals surface area contributed by atoms with Crippen LogP contribution in [0.5, 0.6) is 0 Å². The van der Waals surface area contributed by atoms with Crippen LogP contribution in [0.4, 0.5) is 0 Å². The molecular weight excluding hydrogens is 130 g/mol. The Morgan fingerprint density at radius 3 is 1.20 bits per heavy atom. The van der Waals surface area contributed by atoms with Crippen LogP contribution in [0.25, 0.3) is 0 Å². The van der Waals surface area contributed by atoms with Crippen LogP contribution in [-0.2, 0) is 0 Å². The highest BCUT2D eigenvalue weighted by Gasteiger charge is 1.97. The molecule has 0 amide bonds. The van der Waals surface area contributed by atoms with Gasteiger partial charge in [0.25, 0.3) is 0 Å². The van der Waals surface area contributed by atoms with Crippen LogP contribution in [0.3, 0.4) is 0 Å². The fourth-order valence-electron chi connectivity index (χ4n) is 0. The maximum Gasteiger partial charge on any atom is 0.0751 e. The summed E-state index contributed by atoms with van der Waals surface area (Å²) >= 11 is 0. The first-order valence-electron chi connectivity index (χ1n) is 3.50. The van der Waals surface area contributed by atoms with Crippen molar-refractivity contribution in [3.8, 4) is 0 Å². The highest BCUT2D eigenvalue weighted by atomic mass is 16.3. The zero-order chi connectivity index (χ0) is 8.62. The number of aliphatic hydroxyl groups excluding tert-OH is 2. The van der Waals surface area contributed by atoms with E-state index in [-0.39, 0.29) is 13.2 Å². The van der Waals surface area contributed by atoms with E-state index >= 15 is 0 Å². The first-order chi connectivity index (χ1) is 4.47. The molecular formula is C7H20NO2+. The lowest BCUT2D eigenvalue weighted by Crippen LogP contribution is -2.33. The number of hydrogen-bond acceptors (Lipinski definition) is 2. The first kappa shape index (κ1) is 12.5. The molecule has 0 radical (unpaired) electrons. The molecule has 0 atom stereocenters. The summed E-state index contributed by atoms with van der Waals surface area (Å²) in [4.78, 5) is 0. The average molecular weight is 150 g/mol. The van der Waals surface area contributed by atoms with Crippen LogP contribution in [0.2, 0.25) is 0 Å². The predicted octanol–water partition coefficient (Wildman–Crippen LogP) is -0.316. The second-order valence-electron chi connectivity index (χ2n) is 3.05. The van der Waals surface area contributed by atoms with Gasteiger partial charge in [-0.15, -0.1) is 0 Å². The molecule has 0 aromatic carbocycles. The summed E-state index contributed by atoms with van der Waals surface area (Å²) in [7, 11) is 6.54. The summed E-state index contributed by atoms with van der Waals surface area (Å²) in [6, 6.07) is 0. The Morgan fingerprint density at radius 1 is 1.00 bits per heavy atom. The largest absolute Gasteiger partial charge is 0.394 e. The molecule has 0 aliphatic heterocycles. The zero-order valence-corrected chi connectivity index (χ0v) is 7.46. The van der Waals surface area contributed by atoms with Gasteiger partial charge >= 0.3 is 0 Å². The molecule has 0 heterocycles. The van der Waals surface area contributed by atoms with Crippen molar-refractivity contribution >= 4 is 0 Å². The maximum absolute atomic E-state index is 7.62. The molecule has 64 valence electrons. The first-order valence-corrected chi connectivity index (χ1v) is 3.50. The third kappa shape index (κ3) is 24.8. The van der Waals surface area contributed by atoms with Crippen LogP contribution in [0.1, 0.15) is 6.92 Å². The van der Waals surface area contributed by atoms with Gasteiger partial charge in [0.1, 0.15) is 0 Å². The van der Waals surface area contributed by atoms with Crippen molar-refractivity contribution in [3.05, 3.63) is 0 Å². The van der Waals surface area contributed by atoms with Crippen LogP contribution in [-0.4, -0.2) is 55.6 Å². The van der Waals surface area contributed by atoms with Gasteiger partial charge < -0.3 is 14.7 Å². The van der Waals surface area contributed by atoms with Crippen molar-refractivity contribution in [1.29, 1.82) is 0 Å². The van der Waals surface area contributed by atoms with Gasteiger partial charge in [-0.3, -0.25) is 0 Å². The topological polar surface area (TPSA) is 40.5 Å². The zero-order valence-electron chi connectivity index (χ0n) is 7.46. The lowest BCUT2D eigenvalue weighted by Gasteiger charge is -2.20. The Morgan fingerprint density at radius 2 is 1.20 bits per heavy atom. The SMILES string of the molecule is CC[N+](C)(C)C.OCCO. The van der Waals surface area contributed by atoms with E-state index in [9.17, 15) is 0 Å². The predicted molar refractivity (Wildman–Crippen MR) is 42.7 cm³/mol. The molecule has 0 aliphatic carbocycles.